The molecule has 0 aliphatic carbocycles. The summed E-state index contributed by atoms with van der Waals surface area (Å²) < 4.78 is 1.64. The maximum absolute atomic E-state index is 13.1. The molecule has 1 aromatic heterocycles. The average molecular weight is 380 g/mol. The van der Waals surface area contributed by atoms with Gasteiger partial charge in [-0.2, -0.15) is 5.10 Å². The van der Waals surface area contributed by atoms with Crippen molar-refractivity contribution in [1.82, 2.24) is 9.78 Å². The molecule has 1 atom stereocenters. The van der Waals surface area contributed by atoms with Crippen LogP contribution in [0.3, 0.4) is 0 Å². The van der Waals surface area contributed by atoms with E-state index in [-0.39, 0.29) is 18.1 Å². The van der Waals surface area contributed by atoms with Crippen molar-refractivity contribution in [3.05, 3.63) is 75.9 Å². The standard InChI is InChI=1S/C21H18ClN3O2/c1-12-6-8-14(9-7-12)20(27)17-11-18(26)23-21-19(17)13(2)24-25(21)16-5-3-4-15(22)10-16/h3-10,17H,11H2,1-2H3,(H,23,26). The van der Waals surface area contributed by atoms with Gasteiger partial charge in [0.2, 0.25) is 5.91 Å². The van der Waals surface area contributed by atoms with Gasteiger partial charge in [-0.3, -0.25) is 9.59 Å². The fourth-order valence-corrected chi connectivity index (χ4v) is 3.67. The van der Waals surface area contributed by atoms with Gasteiger partial charge in [0, 0.05) is 22.6 Å². The number of hydrogen-bond donors (Lipinski definition) is 1. The molecule has 0 fully saturated rings. The van der Waals surface area contributed by atoms with E-state index < -0.39 is 5.92 Å². The molecular formula is C21H18ClN3O2. The predicted octanol–water partition coefficient (Wildman–Crippen LogP) is 4.45. The summed E-state index contributed by atoms with van der Waals surface area (Å²) in [5.41, 5.74) is 3.89. The zero-order valence-corrected chi connectivity index (χ0v) is 15.7. The van der Waals surface area contributed by atoms with Gasteiger partial charge in [-0.25, -0.2) is 4.68 Å². The molecule has 6 heteroatoms. The fourth-order valence-electron chi connectivity index (χ4n) is 3.48. The number of carbonyl (C=O) groups is 2. The molecule has 1 aliphatic heterocycles. The number of Topliss-reactive ketones (excluding diaryl/α,β-unsaturated/α-hetero) is 1. The number of hydrogen-bond acceptors (Lipinski definition) is 3. The maximum Gasteiger partial charge on any atom is 0.226 e. The summed E-state index contributed by atoms with van der Waals surface area (Å²) in [6, 6.07) is 14.6. The molecule has 27 heavy (non-hydrogen) atoms. The molecule has 1 amide bonds. The van der Waals surface area contributed by atoms with E-state index in [2.05, 4.69) is 10.4 Å². The number of fused-ring (bicyclic) bond motifs is 1. The number of benzene rings is 2. The summed E-state index contributed by atoms with van der Waals surface area (Å²) in [7, 11) is 0. The molecule has 0 saturated heterocycles. The van der Waals surface area contributed by atoms with Crippen LogP contribution in [-0.4, -0.2) is 21.5 Å². The van der Waals surface area contributed by atoms with Crippen LogP contribution in [0.25, 0.3) is 5.69 Å². The number of aryl methyl sites for hydroxylation is 2. The lowest BCUT2D eigenvalue weighted by Crippen LogP contribution is -2.28. The van der Waals surface area contributed by atoms with E-state index >= 15 is 0 Å². The van der Waals surface area contributed by atoms with Crippen molar-refractivity contribution >= 4 is 29.1 Å². The van der Waals surface area contributed by atoms with Crippen LogP contribution in [0.4, 0.5) is 5.82 Å². The quantitative estimate of drug-likeness (QED) is 0.684. The molecule has 0 spiro atoms. The highest BCUT2D eigenvalue weighted by Gasteiger charge is 2.36. The smallest absolute Gasteiger partial charge is 0.226 e. The number of carbonyl (C=O) groups excluding carboxylic acids is 2. The molecule has 3 aromatic rings. The Bertz CT molecular complexity index is 1050. The van der Waals surface area contributed by atoms with Crippen LogP contribution < -0.4 is 5.32 Å². The van der Waals surface area contributed by atoms with Gasteiger partial charge in [0.15, 0.2) is 5.78 Å². The molecule has 2 aromatic carbocycles. The second kappa shape index (κ2) is 6.67. The van der Waals surface area contributed by atoms with Gasteiger partial charge in [-0.15, -0.1) is 0 Å². The highest BCUT2D eigenvalue weighted by molar-refractivity contribution is 6.30. The maximum atomic E-state index is 13.1. The lowest BCUT2D eigenvalue weighted by Gasteiger charge is -2.23. The van der Waals surface area contributed by atoms with Crippen molar-refractivity contribution in [2.24, 2.45) is 0 Å². The molecule has 1 unspecified atom stereocenters. The van der Waals surface area contributed by atoms with Crippen molar-refractivity contribution in [3.63, 3.8) is 0 Å². The van der Waals surface area contributed by atoms with Gasteiger partial charge in [0.25, 0.3) is 0 Å². The molecular weight excluding hydrogens is 362 g/mol. The van der Waals surface area contributed by atoms with E-state index in [0.717, 1.165) is 22.5 Å². The fraction of sp³-hybridized carbons (Fsp3) is 0.190. The third kappa shape index (κ3) is 3.15. The van der Waals surface area contributed by atoms with Crippen LogP contribution in [0, 0.1) is 13.8 Å². The third-order valence-electron chi connectivity index (χ3n) is 4.81. The Balaban J connectivity index is 1.82. The highest BCUT2D eigenvalue weighted by Crippen LogP contribution is 2.38. The van der Waals surface area contributed by atoms with Gasteiger partial charge < -0.3 is 5.32 Å². The Morgan fingerprint density at radius 2 is 1.93 bits per heavy atom. The summed E-state index contributed by atoms with van der Waals surface area (Å²) in [6.07, 6.45) is 0.113. The number of nitrogens with one attached hydrogen (secondary N) is 1. The number of nitrogens with zero attached hydrogens (tertiary/aromatic N) is 2. The number of aromatic nitrogens is 2. The lowest BCUT2D eigenvalue weighted by molar-refractivity contribution is -0.116. The van der Waals surface area contributed by atoms with Crippen LogP contribution >= 0.6 is 11.6 Å². The highest BCUT2D eigenvalue weighted by atomic mass is 35.5. The van der Waals surface area contributed by atoms with Crippen molar-refractivity contribution in [2.75, 3.05) is 5.32 Å². The summed E-state index contributed by atoms with van der Waals surface area (Å²) in [5, 5.41) is 8.02. The minimum Gasteiger partial charge on any atom is -0.310 e. The number of amides is 1. The number of anilines is 1. The molecule has 0 radical (unpaired) electrons. The van der Waals surface area contributed by atoms with E-state index in [4.69, 9.17) is 11.6 Å². The predicted molar refractivity (Wildman–Crippen MR) is 105 cm³/mol. The molecule has 5 nitrogen and oxygen atoms in total. The molecule has 4 rings (SSSR count). The van der Waals surface area contributed by atoms with E-state index in [1.165, 1.54) is 0 Å². The van der Waals surface area contributed by atoms with E-state index in [1.54, 1.807) is 28.9 Å². The van der Waals surface area contributed by atoms with E-state index in [1.807, 2.05) is 38.1 Å². The molecule has 1 aliphatic rings. The topological polar surface area (TPSA) is 64.0 Å². The third-order valence-corrected chi connectivity index (χ3v) is 5.04. The summed E-state index contributed by atoms with van der Waals surface area (Å²) in [5.74, 6) is -0.281. The van der Waals surface area contributed by atoms with Crippen molar-refractivity contribution in [2.45, 2.75) is 26.2 Å². The van der Waals surface area contributed by atoms with Gasteiger partial charge in [0.1, 0.15) is 5.82 Å². The molecule has 136 valence electrons. The van der Waals surface area contributed by atoms with Gasteiger partial charge >= 0.3 is 0 Å². The first-order valence-corrected chi connectivity index (χ1v) is 9.08. The number of halogens is 1. The largest absolute Gasteiger partial charge is 0.310 e. The van der Waals surface area contributed by atoms with E-state index in [0.29, 0.717) is 16.4 Å². The first-order chi connectivity index (χ1) is 12.9. The van der Waals surface area contributed by atoms with Crippen molar-refractivity contribution < 1.29 is 9.59 Å². The van der Waals surface area contributed by atoms with Crippen molar-refractivity contribution in [1.29, 1.82) is 0 Å². The monoisotopic (exact) mass is 379 g/mol. The SMILES string of the molecule is Cc1ccc(C(=O)C2CC(=O)Nc3c2c(C)nn3-c2cccc(Cl)c2)cc1. The Morgan fingerprint density at radius 3 is 2.63 bits per heavy atom. The van der Waals surface area contributed by atoms with Crippen LogP contribution in [0.2, 0.25) is 5.02 Å². The molecule has 1 N–H and O–H groups in total. The van der Waals surface area contributed by atoms with Crippen LogP contribution in [-0.2, 0) is 4.79 Å². The first kappa shape index (κ1) is 17.5. The Morgan fingerprint density at radius 1 is 1.19 bits per heavy atom. The first-order valence-electron chi connectivity index (χ1n) is 8.70. The molecule has 0 bridgehead atoms. The zero-order valence-electron chi connectivity index (χ0n) is 15.0. The lowest BCUT2D eigenvalue weighted by atomic mass is 9.85. The Labute approximate surface area is 162 Å². The molecule has 2 heterocycles. The number of rotatable bonds is 3. The van der Waals surface area contributed by atoms with Crippen LogP contribution in [0.5, 0.6) is 0 Å². The second-order valence-corrected chi connectivity index (χ2v) is 7.21. The minimum atomic E-state index is -0.551. The number of ketones is 1. The van der Waals surface area contributed by atoms with Crippen LogP contribution in [0.1, 0.15) is 39.5 Å². The van der Waals surface area contributed by atoms with Gasteiger partial charge in [-0.1, -0.05) is 47.5 Å². The molecule has 0 saturated carbocycles. The normalized spacial score (nSPS) is 16.0. The zero-order chi connectivity index (χ0) is 19.1. The average Bonchev–Trinajstić information content (AvgIpc) is 2.97. The van der Waals surface area contributed by atoms with Gasteiger partial charge in [0.05, 0.1) is 17.3 Å². The van der Waals surface area contributed by atoms with E-state index in [9.17, 15) is 9.59 Å². The van der Waals surface area contributed by atoms with Crippen molar-refractivity contribution in [3.8, 4) is 5.69 Å². The summed E-state index contributed by atoms with van der Waals surface area (Å²) in [6.45, 7) is 3.83. The summed E-state index contributed by atoms with van der Waals surface area (Å²) >= 11 is 6.10. The Hall–Kier alpha value is -2.92. The Kier molecular flexibility index (Phi) is 4.32. The second-order valence-electron chi connectivity index (χ2n) is 6.77. The summed E-state index contributed by atoms with van der Waals surface area (Å²) in [4.78, 5) is 25.5. The van der Waals surface area contributed by atoms with Crippen LogP contribution in [0.15, 0.2) is 48.5 Å². The van der Waals surface area contributed by atoms with Gasteiger partial charge in [-0.05, 0) is 32.0 Å². The minimum absolute atomic E-state index is 0.0696.